The minimum atomic E-state index is -3.83. The summed E-state index contributed by atoms with van der Waals surface area (Å²) >= 11 is 0. The van der Waals surface area contributed by atoms with Crippen molar-refractivity contribution in [1.29, 1.82) is 0 Å². The average molecular weight is 390 g/mol. The summed E-state index contributed by atoms with van der Waals surface area (Å²) in [5.74, 6) is 0.690. The second kappa shape index (κ2) is 5.83. The Balaban J connectivity index is 1.80. The van der Waals surface area contributed by atoms with Gasteiger partial charge in [-0.2, -0.15) is 9.51 Å². The molecule has 2 aliphatic rings. The van der Waals surface area contributed by atoms with Crippen molar-refractivity contribution >= 4 is 15.9 Å². The van der Waals surface area contributed by atoms with Crippen molar-refractivity contribution in [2.75, 3.05) is 6.26 Å². The van der Waals surface area contributed by atoms with Crippen LogP contribution in [0.2, 0.25) is 0 Å². The van der Waals surface area contributed by atoms with Crippen LogP contribution in [0.1, 0.15) is 54.9 Å². The summed E-state index contributed by atoms with van der Waals surface area (Å²) in [6, 6.07) is 0. The van der Waals surface area contributed by atoms with Gasteiger partial charge in [0.1, 0.15) is 0 Å². The van der Waals surface area contributed by atoms with E-state index in [2.05, 4.69) is 20.5 Å². The first-order chi connectivity index (χ1) is 12.6. The third-order valence-electron chi connectivity index (χ3n) is 4.69. The maximum Gasteiger partial charge on any atom is 0.302 e. The number of amides is 1. The fraction of sp³-hybridized carbons (Fsp3) is 0.529. The third-order valence-corrected chi connectivity index (χ3v) is 5.61. The predicted octanol–water partition coefficient (Wildman–Crippen LogP) is 1.03. The molecule has 2 aromatic heterocycles. The molecule has 2 aromatic rings. The number of carbonyl (C=O) groups is 1. The lowest BCUT2D eigenvalue weighted by atomic mass is 10.1. The molecule has 0 radical (unpaired) electrons. The molecule has 0 spiro atoms. The van der Waals surface area contributed by atoms with Gasteiger partial charge in [0.25, 0.3) is 0 Å². The van der Waals surface area contributed by atoms with Crippen LogP contribution in [0, 0.1) is 5.92 Å². The molecule has 1 saturated carbocycles. The molecule has 27 heavy (non-hydrogen) atoms. The molecule has 2 heterocycles. The highest BCUT2D eigenvalue weighted by Crippen LogP contribution is 2.57. The van der Waals surface area contributed by atoms with Gasteiger partial charge >= 0.3 is 5.91 Å². The first kappa shape index (κ1) is 18.1. The minimum Gasteiger partial charge on any atom is -0.265 e. The Morgan fingerprint density at radius 3 is 2.67 bits per heavy atom. The number of hydrogen-bond donors (Lipinski definition) is 1. The Hall–Kier alpha value is -2.33. The van der Waals surface area contributed by atoms with Gasteiger partial charge in [-0.15, -0.1) is 0 Å². The zero-order valence-electron chi connectivity index (χ0n) is 15.7. The molecule has 0 saturated heterocycles. The van der Waals surface area contributed by atoms with Crippen LogP contribution >= 0.6 is 0 Å². The summed E-state index contributed by atoms with van der Waals surface area (Å²) in [5, 5.41) is 4.46. The number of aromatic nitrogens is 4. The van der Waals surface area contributed by atoms with Gasteiger partial charge in [-0.05, 0) is 39.5 Å². The van der Waals surface area contributed by atoms with Crippen LogP contribution in [0.3, 0.4) is 0 Å². The standard InChI is InChI=1S/C17H22N6O3S/c1-17(2,3)21-23(27(4,25)26)16(24)14-12-8-10-7-11(10)15(12)22(20-14)13-9-18-5-6-19-13/h5-6,9-11,21H,7-8H2,1-4H3/t10-,11-/m1/s1. The Morgan fingerprint density at radius 1 is 1.33 bits per heavy atom. The molecule has 2 aliphatic carbocycles. The third kappa shape index (κ3) is 3.23. The maximum atomic E-state index is 13.2. The molecular formula is C17H22N6O3S. The molecule has 9 nitrogen and oxygen atoms in total. The highest BCUT2D eigenvalue weighted by molar-refractivity contribution is 7.88. The van der Waals surface area contributed by atoms with Crippen LogP contribution < -0.4 is 5.43 Å². The van der Waals surface area contributed by atoms with Crippen molar-refractivity contribution in [3.05, 3.63) is 35.5 Å². The van der Waals surface area contributed by atoms with Crippen molar-refractivity contribution in [3.63, 3.8) is 0 Å². The summed E-state index contributed by atoms with van der Waals surface area (Å²) in [6.07, 6.45) is 7.50. The molecule has 1 amide bonds. The first-order valence-electron chi connectivity index (χ1n) is 8.77. The predicted molar refractivity (Wildman–Crippen MR) is 97.6 cm³/mol. The Morgan fingerprint density at radius 2 is 2.07 bits per heavy atom. The van der Waals surface area contributed by atoms with Crippen LogP contribution in [0.15, 0.2) is 18.6 Å². The lowest BCUT2D eigenvalue weighted by Gasteiger charge is -2.29. The molecule has 2 atom stereocenters. The van der Waals surface area contributed by atoms with E-state index in [1.807, 2.05) is 0 Å². The van der Waals surface area contributed by atoms with Crippen molar-refractivity contribution in [2.45, 2.75) is 45.1 Å². The minimum absolute atomic E-state index is 0.157. The summed E-state index contributed by atoms with van der Waals surface area (Å²) in [4.78, 5) is 21.5. The van der Waals surface area contributed by atoms with E-state index in [4.69, 9.17) is 0 Å². The largest absolute Gasteiger partial charge is 0.302 e. The molecule has 10 heteroatoms. The Bertz CT molecular complexity index is 1010. The summed E-state index contributed by atoms with van der Waals surface area (Å²) in [6.45, 7) is 5.36. The van der Waals surface area contributed by atoms with E-state index in [0.717, 1.165) is 30.4 Å². The Labute approximate surface area is 157 Å². The van der Waals surface area contributed by atoms with E-state index in [0.29, 0.717) is 22.1 Å². The normalized spacial score (nSPS) is 20.9. The molecule has 0 aromatic carbocycles. The van der Waals surface area contributed by atoms with E-state index in [9.17, 15) is 13.2 Å². The lowest BCUT2D eigenvalue weighted by Crippen LogP contribution is -2.54. The fourth-order valence-electron chi connectivity index (χ4n) is 3.55. The number of nitrogens with one attached hydrogen (secondary N) is 1. The topological polar surface area (TPSA) is 110 Å². The number of sulfonamides is 1. The lowest BCUT2D eigenvalue weighted by molar-refractivity contribution is 0.0757. The molecule has 144 valence electrons. The summed E-state index contributed by atoms with van der Waals surface area (Å²) in [7, 11) is -3.83. The SMILES string of the molecule is CC(C)(C)NN(C(=O)c1nn(-c2cnccn2)c2c1C[C@H]1C[C@@H]21)S(C)(=O)=O. The van der Waals surface area contributed by atoms with Crippen molar-refractivity contribution < 1.29 is 13.2 Å². The van der Waals surface area contributed by atoms with Gasteiger partial charge in [0.15, 0.2) is 11.5 Å². The Kier molecular flexibility index (Phi) is 3.90. The van der Waals surface area contributed by atoms with Crippen molar-refractivity contribution in [1.82, 2.24) is 29.6 Å². The monoisotopic (exact) mass is 390 g/mol. The number of nitrogens with zero attached hydrogens (tertiary/aromatic N) is 5. The maximum absolute atomic E-state index is 13.2. The highest BCUT2D eigenvalue weighted by Gasteiger charge is 2.51. The molecule has 0 unspecified atom stereocenters. The van der Waals surface area contributed by atoms with Gasteiger partial charge in [0, 0.05) is 29.4 Å². The quantitative estimate of drug-likeness (QED) is 0.776. The van der Waals surface area contributed by atoms with Gasteiger partial charge in [-0.25, -0.2) is 23.5 Å². The average Bonchev–Trinajstić information content (AvgIpc) is 3.08. The summed E-state index contributed by atoms with van der Waals surface area (Å²) in [5.41, 5.74) is 4.09. The van der Waals surface area contributed by atoms with Crippen LogP contribution in [0.5, 0.6) is 0 Å². The van der Waals surface area contributed by atoms with E-state index < -0.39 is 21.5 Å². The van der Waals surface area contributed by atoms with E-state index in [-0.39, 0.29) is 5.69 Å². The second-order valence-electron chi connectivity index (χ2n) is 8.19. The number of fused-ring (bicyclic) bond motifs is 3. The fourth-order valence-corrected chi connectivity index (χ4v) is 4.38. The zero-order valence-corrected chi connectivity index (χ0v) is 16.5. The van der Waals surface area contributed by atoms with Gasteiger partial charge in [-0.1, -0.05) is 0 Å². The molecule has 1 fully saturated rings. The zero-order chi connectivity index (χ0) is 19.6. The number of carbonyl (C=O) groups excluding carboxylic acids is 1. The van der Waals surface area contributed by atoms with Gasteiger partial charge in [0.05, 0.1) is 18.1 Å². The molecule has 0 bridgehead atoms. The molecule has 1 N–H and O–H groups in total. The molecular weight excluding hydrogens is 368 g/mol. The second-order valence-corrected chi connectivity index (χ2v) is 10.0. The van der Waals surface area contributed by atoms with Crippen LogP contribution in [-0.2, 0) is 16.4 Å². The molecule has 4 rings (SSSR count). The number of hydrogen-bond acceptors (Lipinski definition) is 7. The number of rotatable bonds is 4. The van der Waals surface area contributed by atoms with Gasteiger partial charge in [0.2, 0.25) is 10.0 Å². The van der Waals surface area contributed by atoms with Crippen LogP contribution in [0.4, 0.5) is 0 Å². The van der Waals surface area contributed by atoms with Crippen molar-refractivity contribution in [3.8, 4) is 5.82 Å². The van der Waals surface area contributed by atoms with E-state index in [1.54, 1.807) is 44.0 Å². The number of hydrazine groups is 1. The summed E-state index contributed by atoms with van der Waals surface area (Å²) < 4.78 is 26.9. The van der Waals surface area contributed by atoms with E-state index in [1.165, 1.54) is 0 Å². The first-order valence-corrected chi connectivity index (χ1v) is 10.6. The van der Waals surface area contributed by atoms with E-state index >= 15 is 0 Å². The van der Waals surface area contributed by atoms with Crippen LogP contribution in [-0.4, -0.2) is 50.3 Å². The van der Waals surface area contributed by atoms with Gasteiger partial charge in [-0.3, -0.25) is 9.78 Å². The van der Waals surface area contributed by atoms with Crippen molar-refractivity contribution in [2.24, 2.45) is 5.92 Å². The molecule has 0 aliphatic heterocycles. The van der Waals surface area contributed by atoms with Gasteiger partial charge < -0.3 is 0 Å². The highest BCUT2D eigenvalue weighted by atomic mass is 32.2. The van der Waals surface area contributed by atoms with Crippen LogP contribution in [0.25, 0.3) is 5.82 Å². The smallest absolute Gasteiger partial charge is 0.265 e.